The number of amides is 1. The summed E-state index contributed by atoms with van der Waals surface area (Å²) in [5, 5.41) is 15.8. The minimum Gasteiger partial charge on any atom is -0.390 e. The number of benzene rings is 2. The fraction of sp³-hybridized carbons (Fsp3) is 0.0556. The van der Waals surface area contributed by atoms with Crippen molar-refractivity contribution in [1.82, 2.24) is 5.32 Å². The number of anilines is 1. The normalized spacial score (nSPS) is 10.4. The Bertz CT molecular complexity index is 905. The van der Waals surface area contributed by atoms with Gasteiger partial charge in [0.2, 0.25) is 0 Å². The van der Waals surface area contributed by atoms with E-state index in [0.29, 0.717) is 28.2 Å². The minimum absolute atomic E-state index is 0.00188. The van der Waals surface area contributed by atoms with E-state index in [2.05, 4.69) is 5.32 Å². The third-order valence-electron chi connectivity index (χ3n) is 3.73. The van der Waals surface area contributed by atoms with E-state index < -0.39 is 4.92 Å². The van der Waals surface area contributed by atoms with Crippen molar-refractivity contribution in [2.75, 3.05) is 5.73 Å². The number of carbonyl (C=O) groups is 1. The van der Waals surface area contributed by atoms with Gasteiger partial charge in [-0.2, -0.15) is 0 Å². The number of non-ortho nitro benzene ring substituents is 1. The van der Waals surface area contributed by atoms with E-state index in [4.69, 9.17) is 5.73 Å². The van der Waals surface area contributed by atoms with Crippen molar-refractivity contribution in [3.8, 4) is 11.1 Å². The molecule has 3 N–H and O–H groups in total. The fourth-order valence-electron chi connectivity index (χ4n) is 2.45. The molecule has 0 saturated carbocycles. The first kappa shape index (κ1) is 16.7. The maximum atomic E-state index is 12.6. The molecule has 25 heavy (non-hydrogen) atoms. The summed E-state index contributed by atoms with van der Waals surface area (Å²) >= 11 is 1.27. The average Bonchev–Trinajstić information content (AvgIpc) is 3.02. The number of nitrogens with zero attached hydrogens (tertiary/aromatic N) is 1. The highest BCUT2D eigenvalue weighted by molar-refractivity contribution is 7.15. The summed E-state index contributed by atoms with van der Waals surface area (Å²) in [7, 11) is 0. The molecule has 0 atom stereocenters. The molecule has 0 radical (unpaired) electrons. The van der Waals surface area contributed by atoms with Crippen molar-refractivity contribution in [3.05, 3.63) is 81.2 Å². The first-order valence-corrected chi connectivity index (χ1v) is 8.38. The Balaban J connectivity index is 1.83. The number of nitrogen functional groups attached to an aromatic ring is 1. The second-order valence-electron chi connectivity index (χ2n) is 5.36. The smallest absolute Gasteiger partial charge is 0.269 e. The monoisotopic (exact) mass is 353 g/mol. The fourth-order valence-corrected chi connectivity index (χ4v) is 3.27. The molecule has 1 amide bonds. The number of nitro groups is 1. The lowest BCUT2D eigenvalue weighted by Crippen LogP contribution is -2.23. The van der Waals surface area contributed by atoms with Crippen LogP contribution in [0.1, 0.15) is 15.9 Å². The third kappa shape index (κ3) is 3.67. The van der Waals surface area contributed by atoms with Crippen molar-refractivity contribution in [3.63, 3.8) is 0 Å². The number of carbonyl (C=O) groups excluding carboxylic acids is 1. The lowest BCUT2D eigenvalue weighted by Gasteiger charge is -2.08. The molecule has 2 aromatic carbocycles. The lowest BCUT2D eigenvalue weighted by atomic mass is 10.0. The van der Waals surface area contributed by atoms with Crippen LogP contribution in [0.5, 0.6) is 0 Å². The van der Waals surface area contributed by atoms with Crippen molar-refractivity contribution in [2.45, 2.75) is 6.54 Å². The maximum absolute atomic E-state index is 12.6. The summed E-state index contributed by atoms with van der Waals surface area (Å²) in [4.78, 5) is 22.9. The zero-order valence-corrected chi connectivity index (χ0v) is 14.0. The standard InChI is InChI=1S/C18H15N3O3S/c19-17-16(18(22)20-10-12-4-2-1-3-5-12)15(11-25-17)13-6-8-14(9-7-13)21(23)24/h1-9,11H,10,19H2,(H,20,22). The van der Waals surface area contributed by atoms with Crippen LogP contribution in [0.2, 0.25) is 0 Å². The highest BCUT2D eigenvalue weighted by atomic mass is 32.1. The van der Waals surface area contributed by atoms with Gasteiger partial charge in [0.15, 0.2) is 0 Å². The van der Waals surface area contributed by atoms with Gasteiger partial charge >= 0.3 is 0 Å². The molecule has 3 aromatic rings. The third-order valence-corrected chi connectivity index (χ3v) is 4.54. The second kappa shape index (κ2) is 7.14. The molecule has 126 valence electrons. The summed E-state index contributed by atoms with van der Waals surface area (Å²) in [5.41, 5.74) is 8.74. The van der Waals surface area contributed by atoms with E-state index in [-0.39, 0.29) is 11.6 Å². The van der Waals surface area contributed by atoms with Crippen LogP contribution in [0, 0.1) is 10.1 Å². The molecule has 6 nitrogen and oxygen atoms in total. The second-order valence-corrected chi connectivity index (χ2v) is 6.27. The van der Waals surface area contributed by atoms with Crippen molar-refractivity contribution in [2.24, 2.45) is 0 Å². The van der Waals surface area contributed by atoms with Crippen LogP contribution in [0.15, 0.2) is 60.0 Å². The van der Waals surface area contributed by atoms with Gasteiger partial charge in [0.1, 0.15) is 0 Å². The summed E-state index contributed by atoms with van der Waals surface area (Å²) < 4.78 is 0. The summed E-state index contributed by atoms with van der Waals surface area (Å²) in [6, 6.07) is 15.6. The van der Waals surface area contributed by atoms with Gasteiger partial charge in [-0.1, -0.05) is 30.3 Å². The van der Waals surface area contributed by atoms with E-state index in [1.165, 1.54) is 23.5 Å². The first-order valence-electron chi connectivity index (χ1n) is 7.50. The molecule has 0 aliphatic carbocycles. The zero-order valence-electron chi connectivity index (χ0n) is 13.1. The molecular formula is C18H15N3O3S. The summed E-state index contributed by atoms with van der Waals surface area (Å²) in [5.74, 6) is -0.268. The van der Waals surface area contributed by atoms with Gasteiger partial charge in [-0.3, -0.25) is 14.9 Å². The zero-order chi connectivity index (χ0) is 17.8. The van der Waals surface area contributed by atoms with Crippen LogP contribution in [0.3, 0.4) is 0 Å². The van der Waals surface area contributed by atoms with Crippen molar-refractivity contribution < 1.29 is 9.72 Å². The van der Waals surface area contributed by atoms with Gasteiger partial charge in [-0.15, -0.1) is 11.3 Å². The maximum Gasteiger partial charge on any atom is 0.269 e. The number of thiophene rings is 1. The summed E-state index contributed by atoms with van der Waals surface area (Å²) in [6.45, 7) is 0.397. The van der Waals surface area contributed by atoms with Crippen molar-refractivity contribution >= 4 is 27.9 Å². The molecule has 0 bridgehead atoms. The van der Waals surface area contributed by atoms with Gasteiger partial charge in [0.25, 0.3) is 11.6 Å². The molecule has 0 aliphatic rings. The number of nitrogens with one attached hydrogen (secondary N) is 1. The topological polar surface area (TPSA) is 98.3 Å². The van der Waals surface area contributed by atoms with E-state index in [9.17, 15) is 14.9 Å². The molecule has 1 heterocycles. The number of hydrogen-bond donors (Lipinski definition) is 2. The van der Waals surface area contributed by atoms with Crippen LogP contribution in [-0.4, -0.2) is 10.8 Å². The van der Waals surface area contributed by atoms with Gasteiger partial charge in [-0.25, -0.2) is 0 Å². The van der Waals surface area contributed by atoms with Crippen LogP contribution in [-0.2, 0) is 6.54 Å². The Labute approximate surface area is 148 Å². The van der Waals surface area contributed by atoms with Crippen LogP contribution < -0.4 is 11.1 Å². The molecular weight excluding hydrogens is 338 g/mol. The largest absolute Gasteiger partial charge is 0.390 e. The van der Waals surface area contributed by atoms with E-state index in [1.54, 1.807) is 17.5 Å². The molecule has 1 aromatic heterocycles. The highest BCUT2D eigenvalue weighted by Gasteiger charge is 2.19. The molecule has 0 unspecified atom stereocenters. The molecule has 0 aliphatic heterocycles. The Hall–Kier alpha value is -3.19. The Morgan fingerprint density at radius 3 is 2.44 bits per heavy atom. The molecule has 0 saturated heterocycles. The average molecular weight is 353 g/mol. The van der Waals surface area contributed by atoms with Crippen LogP contribution in [0.4, 0.5) is 10.7 Å². The number of rotatable bonds is 5. The predicted molar refractivity (Wildman–Crippen MR) is 98.4 cm³/mol. The Kier molecular flexibility index (Phi) is 4.76. The lowest BCUT2D eigenvalue weighted by molar-refractivity contribution is -0.384. The van der Waals surface area contributed by atoms with Crippen LogP contribution >= 0.6 is 11.3 Å². The minimum atomic E-state index is -0.459. The SMILES string of the molecule is Nc1scc(-c2ccc([N+](=O)[O-])cc2)c1C(=O)NCc1ccccc1. The Morgan fingerprint density at radius 2 is 1.80 bits per heavy atom. The first-order chi connectivity index (χ1) is 12.1. The van der Waals surface area contributed by atoms with E-state index in [0.717, 1.165) is 5.56 Å². The van der Waals surface area contributed by atoms with E-state index >= 15 is 0 Å². The predicted octanol–water partition coefficient (Wildman–Crippen LogP) is 3.84. The molecule has 3 rings (SSSR count). The Morgan fingerprint density at radius 1 is 1.12 bits per heavy atom. The van der Waals surface area contributed by atoms with Gasteiger partial charge in [0.05, 0.1) is 15.5 Å². The van der Waals surface area contributed by atoms with Gasteiger partial charge < -0.3 is 11.1 Å². The summed E-state index contributed by atoms with van der Waals surface area (Å²) in [6.07, 6.45) is 0. The number of nitro benzene ring substituents is 1. The van der Waals surface area contributed by atoms with E-state index in [1.807, 2.05) is 30.3 Å². The molecule has 0 fully saturated rings. The van der Waals surface area contributed by atoms with Crippen LogP contribution in [0.25, 0.3) is 11.1 Å². The number of hydrogen-bond acceptors (Lipinski definition) is 5. The van der Waals surface area contributed by atoms with Gasteiger partial charge in [0, 0.05) is 29.6 Å². The van der Waals surface area contributed by atoms with Gasteiger partial charge in [-0.05, 0) is 23.3 Å². The van der Waals surface area contributed by atoms with Crippen molar-refractivity contribution in [1.29, 1.82) is 0 Å². The molecule has 0 spiro atoms. The quantitative estimate of drug-likeness (QED) is 0.538. The molecule has 7 heteroatoms. The highest BCUT2D eigenvalue weighted by Crippen LogP contribution is 2.34. The number of nitrogens with two attached hydrogens (primary N) is 1.